The van der Waals surface area contributed by atoms with Crippen LogP contribution in [0, 0.1) is 0 Å². The molecule has 2 N–H and O–H groups in total. The van der Waals surface area contributed by atoms with Crippen molar-refractivity contribution in [3.05, 3.63) is 28.8 Å². The van der Waals surface area contributed by atoms with Crippen LogP contribution >= 0.6 is 11.6 Å². The molecule has 0 aliphatic carbocycles. The Morgan fingerprint density at radius 1 is 1.32 bits per heavy atom. The van der Waals surface area contributed by atoms with Crippen molar-refractivity contribution < 1.29 is 9.53 Å². The van der Waals surface area contributed by atoms with Gasteiger partial charge in [-0.3, -0.25) is 0 Å². The van der Waals surface area contributed by atoms with E-state index >= 15 is 0 Å². The quantitative estimate of drug-likeness (QED) is 0.645. The van der Waals surface area contributed by atoms with Crippen molar-refractivity contribution in [1.29, 1.82) is 0 Å². The van der Waals surface area contributed by atoms with E-state index in [1.165, 1.54) is 7.11 Å². The number of rotatable bonds is 5. The van der Waals surface area contributed by atoms with Crippen molar-refractivity contribution in [3.63, 3.8) is 0 Å². The van der Waals surface area contributed by atoms with E-state index in [0.717, 1.165) is 6.54 Å². The van der Waals surface area contributed by atoms with E-state index in [4.69, 9.17) is 16.3 Å². The second kappa shape index (κ2) is 6.78. The summed E-state index contributed by atoms with van der Waals surface area (Å²) in [5.41, 5.74) is 1.25. The van der Waals surface area contributed by atoms with Crippen molar-refractivity contribution >= 4 is 23.3 Å². The molecule has 0 saturated heterocycles. The van der Waals surface area contributed by atoms with Crippen LogP contribution in [0.3, 0.4) is 0 Å². The fraction of sp³-hybridized carbons (Fsp3) is 0.500. The summed E-state index contributed by atoms with van der Waals surface area (Å²) >= 11 is 5.94. The molecule has 0 heterocycles. The number of anilines is 1. The Morgan fingerprint density at radius 3 is 2.58 bits per heavy atom. The molecule has 0 spiro atoms. The van der Waals surface area contributed by atoms with Crippen LogP contribution in [0.4, 0.5) is 5.69 Å². The number of hydrogen-bond acceptors (Lipinski definition) is 4. The Hall–Kier alpha value is -1.26. The summed E-state index contributed by atoms with van der Waals surface area (Å²) in [7, 11) is 1.36. The number of hydrogen-bond donors (Lipinski definition) is 2. The number of ether oxygens (including phenoxy) is 1. The van der Waals surface area contributed by atoms with Gasteiger partial charge in [0.25, 0.3) is 0 Å². The van der Waals surface area contributed by atoms with Crippen LogP contribution < -0.4 is 10.6 Å². The van der Waals surface area contributed by atoms with Crippen LogP contribution in [0.15, 0.2) is 18.2 Å². The van der Waals surface area contributed by atoms with Crippen molar-refractivity contribution in [1.82, 2.24) is 5.32 Å². The molecule has 1 aromatic carbocycles. The van der Waals surface area contributed by atoms with Gasteiger partial charge in [-0.05, 0) is 39.0 Å². The summed E-state index contributed by atoms with van der Waals surface area (Å²) in [4.78, 5) is 11.6. The topological polar surface area (TPSA) is 50.4 Å². The first-order chi connectivity index (χ1) is 8.83. The standard InChI is InChI=1S/C14H21ClN2O2/c1-14(2,3)17-8-7-16-12-9-10(15)5-6-11(12)13(18)19-4/h5-6,9,16-17H,7-8H2,1-4H3. The first-order valence-electron chi connectivity index (χ1n) is 6.20. The van der Waals surface area contributed by atoms with Gasteiger partial charge < -0.3 is 15.4 Å². The summed E-state index contributed by atoms with van der Waals surface area (Å²) in [6, 6.07) is 5.06. The summed E-state index contributed by atoms with van der Waals surface area (Å²) in [5, 5.41) is 7.13. The molecule has 106 valence electrons. The highest BCUT2D eigenvalue weighted by Gasteiger charge is 2.12. The van der Waals surface area contributed by atoms with Crippen LogP contribution in [0.5, 0.6) is 0 Å². The van der Waals surface area contributed by atoms with Crippen molar-refractivity contribution in [2.75, 3.05) is 25.5 Å². The lowest BCUT2D eigenvalue weighted by atomic mass is 10.1. The maximum absolute atomic E-state index is 11.6. The Labute approximate surface area is 119 Å². The van der Waals surface area contributed by atoms with Crippen molar-refractivity contribution in [2.24, 2.45) is 0 Å². The molecule has 0 unspecified atom stereocenters. The maximum atomic E-state index is 11.6. The minimum absolute atomic E-state index is 0.0706. The number of carbonyl (C=O) groups is 1. The average Bonchev–Trinajstić information content (AvgIpc) is 2.33. The number of nitrogens with one attached hydrogen (secondary N) is 2. The summed E-state index contributed by atoms with van der Waals surface area (Å²) in [6.07, 6.45) is 0. The van der Waals surface area contributed by atoms with Crippen molar-refractivity contribution in [2.45, 2.75) is 26.3 Å². The molecule has 1 rings (SSSR count). The minimum atomic E-state index is -0.372. The molecule has 1 aromatic rings. The van der Waals surface area contributed by atoms with Gasteiger partial charge in [0, 0.05) is 23.7 Å². The lowest BCUT2D eigenvalue weighted by molar-refractivity contribution is 0.0602. The van der Waals surface area contributed by atoms with Gasteiger partial charge in [-0.15, -0.1) is 0 Å². The lowest BCUT2D eigenvalue weighted by Gasteiger charge is -2.21. The van der Waals surface area contributed by atoms with Gasteiger partial charge in [-0.25, -0.2) is 4.79 Å². The summed E-state index contributed by atoms with van der Waals surface area (Å²) in [6.45, 7) is 7.79. The lowest BCUT2D eigenvalue weighted by Crippen LogP contribution is -2.38. The highest BCUT2D eigenvalue weighted by molar-refractivity contribution is 6.31. The molecule has 0 amide bonds. The minimum Gasteiger partial charge on any atom is -0.465 e. The van der Waals surface area contributed by atoms with E-state index in [0.29, 0.717) is 22.8 Å². The molecule has 0 bridgehead atoms. The third-order valence-corrected chi connectivity index (χ3v) is 2.72. The summed E-state index contributed by atoms with van der Waals surface area (Å²) in [5.74, 6) is -0.372. The first kappa shape index (κ1) is 15.8. The van der Waals surface area contributed by atoms with E-state index in [1.54, 1.807) is 18.2 Å². The molecule has 0 atom stereocenters. The SMILES string of the molecule is COC(=O)c1ccc(Cl)cc1NCCNC(C)(C)C. The third-order valence-electron chi connectivity index (χ3n) is 2.48. The number of halogens is 1. The van der Waals surface area contributed by atoms with Crippen LogP contribution in [0.2, 0.25) is 5.02 Å². The number of carbonyl (C=O) groups excluding carboxylic acids is 1. The van der Waals surface area contributed by atoms with Gasteiger partial charge in [-0.1, -0.05) is 11.6 Å². The van der Waals surface area contributed by atoms with Crippen LogP contribution in [-0.2, 0) is 4.74 Å². The zero-order valence-corrected chi connectivity index (χ0v) is 12.6. The Bertz CT molecular complexity index is 442. The average molecular weight is 285 g/mol. The summed E-state index contributed by atoms with van der Waals surface area (Å²) < 4.78 is 4.74. The monoisotopic (exact) mass is 284 g/mol. The second-order valence-corrected chi connectivity index (χ2v) is 5.72. The maximum Gasteiger partial charge on any atom is 0.339 e. The molecule has 5 heteroatoms. The molecule has 0 aromatic heterocycles. The Morgan fingerprint density at radius 2 is 2.00 bits per heavy atom. The zero-order chi connectivity index (χ0) is 14.5. The molecule has 19 heavy (non-hydrogen) atoms. The number of esters is 1. The molecule has 0 fully saturated rings. The van der Waals surface area contributed by atoms with E-state index in [9.17, 15) is 4.79 Å². The van der Waals surface area contributed by atoms with Gasteiger partial charge in [0.2, 0.25) is 0 Å². The van der Waals surface area contributed by atoms with Crippen LogP contribution in [0.1, 0.15) is 31.1 Å². The molecule has 0 radical (unpaired) electrons. The molecule has 0 aliphatic heterocycles. The smallest absolute Gasteiger partial charge is 0.339 e. The normalized spacial score (nSPS) is 11.2. The Kier molecular flexibility index (Phi) is 5.63. The van der Waals surface area contributed by atoms with Gasteiger partial charge in [-0.2, -0.15) is 0 Å². The highest BCUT2D eigenvalue weighted by atomic mass is 35.5. The largest absolute Gasteiger partial charge is 0.465 e. The molecular formula is C14H21ClN2O2. The fourth-order valence-electron chi connectivity index (χ4n) is 1.59. The van der Waals surface area contributed by atoms with Gasteiger partial charge in [0.1, 0.15) is 0 Å². The predicted octanol–water partition coefficient (Wildman–Crippen LogP) is 2.93. The number of benzene rings is 1. The number of methoxy groups -OCH3 is 1. The molecule has 0 saturated carbocycles. The molecular weight excluding hydrogens is 264 g/mol. The zero-order valence-electron chi connectivity index (χ0n) is 11.8. The van der Waals surface area contributed by atoms with Crippen LogP contribution in [-0.4, -0.2) is 31.7 Å². The predicted molar refractivity (Wildman–Crippen MR) is 79.0 cm³/mol. The van der Waals surface area contributed by atoms with Gasteiger partial charge >= 0.3 is 5.97 Å². The second-order valence-electron chi connectivity index (χ2n) is 5.29. The third kappa shape index (κ3) is 5.49. The van der Waals surface area contributed by atoms with Gasteiger partial charge in [0.05, 0.1) is 18.4 Å². The Balaban J connectivity index is 2.66. The van der Waals surface area contributed by atoms with Crippen molar-refractivity contribution in [3.8, 4) is 0 Å². The van der Waals surface area contributed by atoms with Gasteiger partial charge in [0.15, 0.2) is 0 Å². The fourth-order valence-corrected chi connectivity index (χ4v) is 1.76. The van der Waals surface area contributed by atoms with E-state index in [1.807, 2.05) is 0 Å². The molecule has 4 nitrogen and oxygen atoms in total. The van der Waals surface area contributed by atoms with E-state index < -0.39 is 0 Å². The van der Waals surface area contributed by atoms with E-state index in [-0.39, 0.29) is 11.5 Å². The van der Waals surface area contributed by atoms with E-state index in [2.05, 4.69) is 31.4 Å². The van der Waals surface area contributed by atoms with Crippen LogP contribution in [0.25, 0.3) is 0 Å². The highest BCUT2D eigenvalue weighted by Crippen LogP contribution is 2.21. The molecule has 0 aliphatic rings. The first-order valence-corrected chi connectivity index (χ1v) is 6.58.